The predicted octanol–water partition coefficient (Wildman–Crippen LogP) is 5.23. The van der Waals surface area contributed by atoms with Crippen molar-refractivity contribution in [3.05, 3.63) is 0 Å². The van der Waals surface area contributed by atoms with Gasteiger partial charge in [-0.2, -0.15) is 8.42 Å². The first-order chi connectivity index (χ1) is 14.1. The minimum Gasteiger partial charge on any atom is -0.371 e. The summed E-state index contributed by atoms with van der Waals surface area (Å²) in [5.74, 6) is -0.0278. The molecule has 182 valence electrons. The second-order valence-electron chi connectivity index (χ2n) is 7.91. The largest absolute Gasteiger partial charge is 0.399 e. The third kappa shape index (κ3) is 23.6. The first-order valence-corrected chi connectivity index (χ1v) is 12.9. The Kier molecular flexibility index (Phi) is 21.2. The molecule has 1 atom stereocenters. The standard InChI is InChI=1S/C20H41NO2.C2H6O4S/c1-4-6-7-8-9-10-11-12-13-14-15-16-17-18-19(22)21-20(3,23)5-2;1-5-7(3,4)6-2/h23H,4-18H2,1-3H3,(H,21,22);1-2H3. The van der Waals surface area contributed by atoms with E-state index in [2.05, 4.69) is 20.6 Å². The third-order valence-corrected chi connectivity index (χ3v) is 5.83. The normalized spacial score (nSPS) is 13.3. The molecule has 0 saturated carbocycles. The van der Waals surface area contributed by atoms with Crippen molar-refractivity contribution in [2.24, 2.45) is 0 Å². The van der Waals surface area contributed by atoms with Gasteiger partial charge < -0.3 is 10.4 Å². The predicted molar refractivity (Wildman–Crippen MR) is 122 cm³/mol. The highest BCUT2D eigenvalue weighted by Gasteiger charge is 2.19. The summed E-state index contributed by atoms with van der Waals surface area (Å²) in [4.78, 5) is 11.6. The lowest BCUT2D eigenvalue weighted by molar-refractivity contribution is -0.128. The zero-order valence-corrected chi connectivity index (χ0v) is 20.8. The summed E-state index contributed by atoms with van der Waals surface area (Å²) in [6.45, 7) is 5.78. The van der Waals surface area contributed by atoms with Crippen LogP contribution in [0, 0.1) is 0 Å². The van der Waals surface area contributed by atoms with E-state index in [4.69, 9.17) is 0 Å². The van der Waals surface area contributed by atoms with Crippen molar-refractivity contribution in [1.29, 1.82) is 0 Å². The van der Waals surface area contributed by atoms with Crippen LogP contribution in [-0.4, -0.2) is 39.4 Å². The first kappa shape index (κ1) is 31.5. The molecule has 0 aliphatic rings. The van der Waals surface area contributed by atoms with Crippen LogP contribution in [0.25, 0.3) is 0 Å². The minimum atomic E-state index is -3.66. The number of aliphatic hydroxyl groups is 1. The molecule has 0 aromatic carbocycles. The van der Waals surface area contributed by atoms with Gasteiger partial charge in [-0.25, -0.2) is 0 Å². The van der Waals surface area contributed by atoms with E-state index >= 15 is 0 Å². The molecule has 30 heavy (non-hydrogen) atoms. The van der Waals surface area contributed by atoms with Gasteiger partial charge in [0.15, 0.2) is 0 Å². The number of amides is 1. The summed E-state index contributed by atoms with van der Waals surface area (Å²) in [5.41, 5.74) is -1.05. The number of hydrogen-bond acceptors (Lipinski definition) is 6. The van der Waals surface area contributed by atoms with Crippen LogP contribution in [0.5, 0.6) is 0 Å². The fourth-order valence-corrected chi connectivity index (χ4v) is 2.96. The lowest BCUT2D eigenvalue weighted by Crippen LogP contribution is -2.45. The van der Waals surface area contributed by atoms with Gasteiger partial charge in [0.25, 0.3) is 0 Å². The van der Waals surface area contributed by atoms with E-state index in [-0.39, 0.29) is 5.91 Å². The number of unbranched alkanes of at least 4 members (excludes halogenated alkanes) is 12. The second kappa shape index (κ2) is 20.2. The van der Waals surface area contributed by atoms with Gasteiger partial charge in [-0.1, -0.05) is 90.9 Å². The summed E-state index contributed by atoms with van der Waals surface area (Å²) in [7, 11) is -1.60. The van der Waals surface area contributed by atoms with E-state index in [1.54, 1.807) is 6.92 Å². The van der Waals surface area contributed by atoms with Crippen molar-refractivity contribution in [3.63, 3.8) is 0 Å². The molecule has 8 heteroatoms. The quantitative estimate of drug-likeness (QED) is 0.218. The lowest BCUT2D eigenvalue weighted by atomic mass is 10.0. The Labute approximate surface area is 185 Å². The fraction of sp³-hybridized carbons (Fsp3) is 0.955. The average Bonchev–Trinajstić information content (AvgIpc) is 2.71. The summed E-state index contributed by atoms with van der Waals surface area (Å²) >= 11 is 0. The van der Waals surface area contributed by atoms with Crippen LogP contribution in [0.4, 0.5) is 0 Å². The smallest absolute Gasteiger partial charge is 0.371 e. The highest BCUT2D eigenvalue weighted by molar-refractivity contribution is 7.81. The maximum absolute atomic E-state index is 11.6. The molecular weight excluding hydrogens is 406 g/mol. The molecule has 2 N–H and O–H groups in total. The SMILES string of the molecule is CCCCCCCCCCCCCCCC(=O)NC(C)(O)CC.COS(=O)(=O)OC. The van der Waals surface area contributed by atoms with Crippen molar-refractivity contribution in [1.82, 2.24) is 5.32 Å². The molecule has 0 spiro atoms. The van der Waals surface area contributed by atoms with Crippen LogP contribution >= 0.6 is 0 Å². The van der Waals surface area contributed by atoms with E-state index in [0.717, 1.165) is 27.1 Å². The van der Waals surface area contributed by atoms with Crippen LogP contribution in [0.15, 0.2) is 0 Å². The molecule has 0 saturated heterocycles. The van der Waals surface area contributed by atoms with Crippen LogP contribution in [0.1, 0.15) is 117 Å². The average molecular weight is 454 g/mol. The van der Waals surface area contributed by atoms with Gasteiger partial charge in [0.1, 0.15) is 5.72 Å². The van der Waals surface area contributed by atoms with E-state index in [0.29, 0.717) is 12.8 Å². The summed E-state index contributed by atoms with van der Waals surface area (Å²) in [5, 5.41) is 12.4. The molecule has 0 heterocycles. The van der Waals surface area contributed by atoms with Gasteiger partial charge in [-0.3, -0.25) is 13.2 Å². The number of nitrogens with one attached hydrogen (secondary N) is 1. The third-order valence-electron chi connectivity index (χ3n) is 5.01. The molecule has 1 unspecified atom stereocenters. The first-order valence-electron chi connectivity index (χ1n) is 11.5. The number of rotatable bonds is 18. The molecule has 0 aliphatic carbocycles. The van der Waals surface area contributed by atoms with Crippen molar-refractivity contribution in [2.45, 2.75) is 123 Å². The Morgan fingerprint density at radius 1 is 0.800 bits per heavy atom. The zero-order valence-electron chi connectivity index (χ0n) is 20.0. The molecular formula is C22H47NO6S. The Hall–Kier alpha value is -0.700. The van der Waals surface area contributed by atoms with Gasteiger partial charge in [0.05, 0.1) is 14.2 Å². The van der Waals surface area contributed by atoms with Crippen LogP contribution in [0.3, 0.4) is 0 Å². The lowest BCUT2D eigenvalue weighted by Gasteiger charge is -2.22. The molecule has 0 aromatic rings. The van der Waals surface area contributed by atoms with E-state index in [1.165, 1.54) is 70.6 Å². The topological polar surface area (TPSA) is 102 Å². The Bertz CT molecular complexity index is 484. The highest BCUT2D eigenvalue weighted by atomic mass is 32.3. The van der Waals surface area contributed by atoms with Crippen molar-refractivity contribution in [3.8, 4) is 0 Å². The summed E-state index contributed by atoms with van der Waals surface area (Å²) in [6.07, 6.45) is 18.1. The van der Waals surface area contributed by atoms with Crippen molar-refractivity contribution >= 4 is 16.3 Å². The molecule has 0 fully saturated rings. The Morgan fingerprint density at radius 2 is 1.17 bits per heavy atom. The molecule has 0 bridgehead atoms. The number of carbonyl (C=O) groups excluding carboxylic acids is 1. The zero-order chi connectivity index (χ0) is 23.3. The van der Waals surface area contributed by atoms with Crippen LogP contribution in [0.2, 0.25) is 0 Å². The minimum absolute atomic E-state index is 0.0278. The van der Waals surface area contributed by atoms with E-state index in [1.807, 2.05) is 6.92 Å². The van der Waals surface area contributed by atoms with Gasteiger partial charge in [0, 0.05) is 6.42 Å². The molecule has 0 aliphatic heterocycles. The maximum atomic E-state index is 11.6. The van der Waals surface area contributed by atoms with E-state index in [9.17, 15) is 18.3 Å². The Balaban J connectivity index is 0. The number of carbonyl (C=O) groups is 1. The molecule has 0 rings (SSSR count). The highest BCUT2D eigenvalue weighted by Crippen LogP contribution is 2.13. The van der Waals surface area contributed by atoms with Crippen molar-refractivity contribution in [2.75, 3.05) is 14.2 Å². The molecule has 0 radical (unpaired) electrons. The monoisotopic (exact) mass is 453 g/mol. The fourth-order valence-electron chi connectivity index (χ4n) is 2.82. The molecule has 1 amide bonds. The second-order valence-corrected chi connectivity index (χ2v) is 9.39. The van der Waals surface area contributed by atoms with Crippen molar-refractivity contribution < 1.29 is 26.7 Å². The summed E-state index contributed by atoms with van der Waals surface area (Å²) < 4.78 is 27.5. The Morgan fingerprint density at radius 3 is 1.47 bits per heavy atom. The van der Waals surface area contributed by atoms with Gasteiger partial charge in [-0.05, 0) is 19.8 Å². The summed E-state index contributed by atoms with van der Waals surface area (Å²) in [6, 6.07) is 0. The van der Waals surface area contributed by atoms with Gasteiger partial charge >= 0.3 is 10.4 Å². The van der Waals surface area contributed by atoms with E-state index < -0.39 is 16.1 Å². The molecule has 0 aromatic heterocycles. The number of hydrogen-bond donors (Lipinski definition) is 2. The van der Waals surface area contributed by atoms with Crippen LogP contribution in [-0.2, 0) is 23.6 Å². The molecule has 7 nitrogen and oxygen atoms in total. The maximum Gasteiger partial charge on any atom is 0.399 e. The van der Waals surface area contributed by atoms with Crippen LogP contribution < -0.4 is 5.32 Å². The van der Waals surface area contributed by atoms with Gasteiger partial charge in [-0.15, -0.1) is 0 Å². The van der Waals surface area contributed by atoms with Gasteiger partial charge in [0.2, 0.25) is 5.91 Å².